The number of hydrogen-bond acceptors (Lipinski definition) is 3. The van der Waals surface area contributed by atoms with Crippen molar-refractivity contribution in [3.05, 3.63) is 28.2 Å². The van der Waals surface area contributed by atoms with Crippen LogP contribution in [0.5, 0.6) is 0 Å². The Morgan fingerprint density at radius 1 is 1.30 bits per heavy atom. The van der Waals surface area contributed by atoms with Crippen molar-refractivity contribution in [1.29, 1.82) is 0 Å². The summed E-state index contributed by atoms with van der Waals surface area (Å²) in [4.78, 5) is 14.1. The predicted molar refractivity (Wildman–Crippen MR) is 86.3 cm³/mol. The first-order valence-corrected chi connectivity index (χ1v) is 7.09. The summed E-state index contributed by atoms with van der Waals surface area (Å²) >= 11 is 11.9. The third kappa shape index (κ3) is 5.11. The molecule has 1 saturated heterocycles. The number of benzene rings is 1. The molecule has 0 aliphatic carbocycles. The third-order valence-electron chi connectivity index (χ3n) is 3.03. The summed E-state index contributed by atoms with van der Waals surface area (Å²) in [6.45, 7) is 4.13. The van der Waals surface area contributed by atoms with Crippen molar-refractivity contribution in [3.8, 4) is 0 Å². The Bertz CT molecular complexity index is 448. The highest BCUT2D eigenvalue weighted by atomic mass is 35.5. The maximum absolute atomic E-state index is 12.0. The first kappa shape index (κ1) is 17.5. The molecule has 2 N–H and O–H groups in total. The largest absolute Gasteiger partial charge is 0.324 e. The highest BCUT2D eigenvalue weighted by Crippen LogP contribution is 2.29. The number of halogens is 3. The standard InChI is InChI=1S/C13H17Cl2N3O.ClH/c14-10-3-1-4-11(13(10)15)17-12(19)9-18-7-2-5-16-6-8-18;/h1,3-4,16H,2,5-9H2,(H,17,19);1H. The molecule has 1 aliphatic heterocycles. The Kier molecular flexibility index (Phi) is 7.62. The number of hydrogen-bond donors (Lipinski definition) is 2. The van der Waals surface area contributed by atoms with Gasteiger partial charge >= 0.3 is 0 Å². The zero-order valence-corrected chi connectivity index (χ0v) is 13.3. The van der Waals surface area contributed by atoms with Crippen LogP contribution in [0.1, 0.15) is 6.42 Å². The minimum Gasteiger partial charge on any atom is -0.324 e. The normalized spacial score (nSPS) is 16.1. The fourth-order valence-corrected chi connectivity index (χ4v) is 2.40. The first-order valence-electron chi connectivity index (χ1n) is 6.34. The zero-order chi connectivity index (χ0) is 13.7. The second-order valence-electron chi connectivity index (χ2n) is 4.53. The summed E-state index contributed by atoms with van der Waals surface area (Å²) in [6.07, 6.45) is 1.06. The number of anilines is 1. The van der Waals surface area contributed by atoms with Crippen LogP contribution in [-0.2, 0) is 4.79 Å². The van der Waals surface area contributed by atoms with E-state index in [-0.39, 0.29) is 18.3 Å². The Hall–Kier alpha value is -0.520. The average Bonchev–Trinajstić information content (AvgIpc) is 2.63. The first-order chi connectivity index (χ1) is 9.16. The van der Waals surface area contributed by atoms with Gasteiger partial charge in [0.1, 0.15) is 0 Å². The topological polar surface area (TPSA) is 44.4 Å². The maximum Gasteiger partial charge on any atom is 0.238 e. The summed E-state index contributed by atoms with van der Waals surface area (Å²) in [6, 6.07) is 5.20. The molecule has 0 unspecified atom stereocenters. The van der Waals surface area contributed by atoms with Gasteiger partial charge in [-0.05, 0) is 31.6 Å². The summed E-state index contributed by atoms with van der Waals surface area (Å²) < 4.78 is 0. The molecule has 1 aliphatic rings. The molecule has 112 valence electrons. The average molecular weight is 339 g/mol. The van der Waals surface area contributed by atoms with E-state index < -0.39 is 0 Å². The van der Waals surface area contributed by atoms with Crippen molar-refractivity contribution < 1.29 is 4.79 Å². The molecular formula is C13H18Cl3N3O. The molecule has 0 bridgehead atoms. The van der Waals surface area contributed by atoms with Crippen LogP contribution >= 0.6 is 35.6 Å². The van der Waals surface area contributed by atoms with Gasteiger partial charge in [0, 0.05) is 13.1 Å². The Balaban J connectivity index is 0.00000200. The van der Waals surface area contributed by atoms with Crippen molar-refractivity contribution in [3.63, 3.8) is 0 Å². The smallest absolute Gasteiger partial charge is 0.238 e. The van der Waals surface area contributed by atoms with E-state index in [1.54, 1.807) is 18.2 Å². The van der Waals surface area contributed by atoms with Crippen LogP contribution in [0.2, 0.25) is 10.0 Å². The second kappa shape index (κ2) is 8.70. The minimum atomic E-state index is -0.0638. The molecule has 1 heterocycles. The Morgan fingerprint density at radius 3 is 2.90 bits per heavy atom. The molecule has 2 rings (SSSR count). The van der Waals surface area contributed by atoms with E-state index >= 15 is 0 Å². The molecule has 0 atom stereocenters. The lowest BCUT2D eigenvalue weighted by Gasteiger charge is -2.19. The summed E-state index contributed by atoms with van der Waals surface area (Å²) in [5.41, 5.74) is 0.562. The quantitative estimate of drug-likeness (QED) is 0.890. The molecule has 1 aromatic carbocycles. The molecule has 0 spiro atoms. The molecule has 4 nitrogen and oxygen atoms in total. The van der Waals surface area contributed by atoms with Gasteiger partial charge < -0.3 is 10.6 Å². The fourth-order valence-electron chi connectivity index (χ4n) is 2.05. The molecule has 0 radical (unpaired) electrons. The van der Waals surface area contributed by atoms with Crippen LogP contribution in [0, 0.1) is 0 Å². The molecular weight excluding hydrogens is 321 g/mol. The van der Waals surface area contributed by atoms with Gasteiger partial charge in [-0.3, -0.25) is 9.69 Å². The highest BCUT2D eigenvalue weighted by molar-refractivity contribution is 6.43. The van der Waals surface area contributed by atoms with E-state index in [1.807, 2.05) is 0 Å². The lowest BCUT2D eigenvalue weighted by Crippen LogP contribution is -2.35. The molecule has 1 amide bonds. The number of amides is 1. The van der Waals surface area contributed by atoms with E-state index in [0.717, 1.165) is 32.6 Å². The summed E-state index contributed by atoms with van der Waals surface area (Å²) in [5.74, 6) is -0.0638. The highest BCUT2D eigenvalue weighted by Gasteiger charge is 2.14. The van der Waals surface area contributed by atoms with E-state index in [9.17, 15) is 4.79 Å². The number of nitrogens with one attached hydrogen (secondary N) is 2. The van der Waals surface area contributed by atoms with Crippen LogP contribution < -0.4 is 10.6 Å². The van der Waals surface area contributed by atoms with Gasteiger partial charge in [-0.25, -0.2) is 0 Å². The lowest BCUT2D eigenvalue weighted by molar-refractivity contribution is -0.117. The molecule has 0 aromatic heterocycles. The minimum absolute atomic E-state index is 0. The van der Waals surface area contributed by atoms with Gasteiger partial charge in [-0.2, -0.15) is 0 Å². The van der Waals surface area contributed by atoms with Gasteiger partial charge in [0.2, 0.25) is 5.91 Å². The summed E-state index contributed by atoms with van der Waals surface area (Å²) in [7, 11) is 0. The van der Waals surface area contributed by atoms with Crippen molar-refractivity contribution in [1.82, 2.24) is 10.2 Å². The second-order valence-corrected chi connectivity index (χ2v) is 5.31. The van der Waals surface area contributed by atoms with Crippen LogP contribution in [0.3, 0.4) is 0 Å². The Morgan fingerprint density at radius 2 is 2.10 bits per heavy atom. The van der Waals surface area contributed by atoms with E-state index in [2.05, 4.69) is 15.5 Å². The molecule has 1 aromatic rings. The van der Waals surface area contributed by atoms with Crippen molar-refractivity contribution in [2.24, 2.45) is 0 Å². The molecule has 7 heteroatoms. The van der Waals surface area contributed by atoms with Crippen LogP contribution in [0.15, 0.2) is 18.2 Å². The van der Waals surface area contributed by atoms with Gasteiger partial charge in [0.15, 0.2) is 0 Å². The van der Waals surface area contributed by atoms with Gasteiger partial charge in [-0.1, -0.05) is 29.3 Å². The van der Waals surface area contributed by atoms with E-state index in [1.165, 1.54) is 0 Å². The van der Waals surface area contributed by atoms with Gasteiger partial charge in [-0.15, -0.1) is 12.4 Å². The number of rotatable bonds is 3. The van der Waals surface area contributed by atoms with Crippen molar-refractivity contribution in [2.75, 3.05) is 38.0 Å². The predicted octanol–water partition coefficient (Wildman–Crippen LogP) is 2.65. The van der Waals surface area contributed by atoms with Gasteiger partial charge in [0.05, 0.1) is 22.3 Å². The van der Waals surface area contributed by atoms with Crippen molar-refractivity contribution in [2.45, 2.75) is 6.42 Å². The van der Waals surface area contributed by atoms with Crippen LogP contribution in [0.4, 0.5) is 5.69 Å². The van der Waals surface area contributed by atoms with Crippen LogP contribution in [-0.4, -0.2) is 43.5 Å². The number of carbonyl (C=O) groups is 1. The summed E-state index contributed by atoms with van der Waals surface area (Å²) in [5, 5.41) is 6.93. The molecule has 1 fully saturated rings. The fraction of sp³-hybridized carbons (Fsp3) is 0.462. The number of carbonyl (C=O) groups excluding carboxylic acids is 1. The number of nitrogens with zero attached hydrogens (tertiary/aromatic N) is 1. The van der Waals surface area contributed by atoms with Crippen LogP contribution in [0.25, 0.3) is 0 Å². The maximum atomic E-state index is 12.0. The molecule has 20 heavy (non-hydrogen) atoms. The lowest BCUT2D eigenvalue weighted by atomic mass is 10.3. The van der Waals surface area contributed by atoms with E-state index in [4.69, 9.17) is 23.2 Å². The monoisotopic (exact) mass is 337 g/mol. The SMILES string of the molecule is Cl.O=C(CN1CCCNCC1)Nc1cccc(Cl)c1Cl. The van der Waals surface area contributed by atoms with E-state index in [0.29, 0.717) is 22.3 Å². The van der Waals surface area contributed by atoms with Gasteiger partial charge in [0.25, 0.3) is 0 Å². The third-order valence-corrected chi connectivity index (χ3v) is 3.84. The zero-order valence-electron chi connectivity index (χ0n) is 11.0. The molecule has 0 saturated carbocycles. The Labute approximate surface area is 135 Å². The van der Waals surface area contributed by atoms with Crippen molar-refractivity contribution >= 4 is 47.2 Å².